The van der Waals surface area contributed by atoms with E-state index < -0.39 is 0 Å². The van der Waals surface area contributed by atoms with Crippen LogP contribution in [0, 0.1) is 6.92 Å². The standard InChI is InChI=1S/C35H43N5O3/c1-25-31-13-6-7-14-32(31)40(20-9-21-43-2)34(25)27-10-8-19-39(24-27)33(41)23-28(36)22-26-15-17-30(18-16-26)38-35(42)37-29-11-4-3-5-12-29/h3-7,11-18,27-28H,8-10,19-24,36H2,1-2H3,(H2,37,38,42)/t27?,28-/m1/s1. The molecule has 1 unspecified atom stereocenters. The Balaban J connectivity index is 1.17. The molecule has 0 spiro atoms. The molecule has 8 heteroatoms. The predicted molar refractivity (Wildman–Crippen MR) is 174 cm³/mol. The number of rotatable bonds is 11. The highest BCUT2D eigenvalue weighted by molar-refractivity contribution is 5.99. The average molecular weight is 582 g/mol. The molecule has 0 saturated carbocycles. The van der Waals surface area contributed by atoms with Crippen molar-refractivity contribution in [2.24, 2.45) is 5.73 Å². The first-order chi connectivity index (χ1) is 20.9. The number of para-hydroxylation sites is 2. The molecule has 226 valence electrons. The molecule has 1 aromatic heterocycles. The summed E-state index contributed by atoms with van der Waals surface area (Å²) < 4.78 is 7.80. The van der Waals surface area contributed by atoms with Crippen molar-refractivity contribution < 1.29 is 14.3 Å². The number of carbonyl (C=O) groups excluding carboxylic acids is 2. The number of ether oxygens (including phenoxy) is 1. The molecule has 1 aliphatic rings. The van der Waals surface area contributed by atoms with Gasteiger partial charge in [0.15, 0.2) is 0 Å². The van der Waals surface area contributed by atoms with Crippen LogP contribution in [0.4, 0.5) is 16.2 Å². The van der Waals surface area contributed by atoms with Crippen molar-refractivity contribution in [3.63, 3.8) is 0 Å². The maximum atomic E-state index is 13.4. The molecular formula is C35H43N5O3. The van der Waals surface area contributed by atoms with Gasteiger partial charge in [0.05, 0.1) is 0 Å². The first-order valence-corrected chi connectivity index (χ1v) is 15.2. The number of nitrogens with two attached hydrogens (primary N) is 1. The highest BCUT2D eigenvalue weighted by Gasteiger charge is 2.29. The van der Waals surface area contributed by atoms with Crippen LogP contribution < -0.4 is 16.4 Å². The number of aryl methyl sites for hydroxylation is 2. The second kappa shape index (κ2) is 14.4. The smallest absolute Gasteiger partial charge is 0.323 e. The summed E-state index contributed by atoms with van der Waals surface area (Å²) in [4.78, 5) is 27.7. The number of benzene rings is 3. The number of urea groups is 1. The summed E-state index contributed by atoms with van der Waals surface area (Å²) in [6, 6.07) is 24.9. The van der Waals surface area contributed by atoms with Gasteiger partial charge < -0.3 is 30.6 Å². The van der Waals surface area contributed by atoms with E-state index in [1.807, 2.05) is 59.5 Å². The minimum atomic E-state index is -0.299. The van der Waals surface area contributed by atoms with Crippen LogP contribution >= 0.6 is 0 Å². The normalized spacial score (nSPS) is 15.8. The summed E-state index contributed by atoms with van der Waals surface area (Å²) in [6.07, 6.45) is 3.90. The molecule has 2 heterocycles. The highest BCUT2D eigenvalue weighted by Crippen LogP contribution is 2.36. The van der Waals surface area contributed by atoms with E-state index in [2.05, 4.69) is 46.4 Å². The van der Waals surface area contributed by atoms with E-state index in [-0.39, 0.29) is 18.0 Å². The van der Waals surface area contributed by atoms with Gasteiger partial charge in [0, 0.05) is 79.7 Å². The highest BCUT2D eigenvalue weighted by atomic mass is 16.5. The SMILES string of the molecule is COCCCn1c(C2CCCN(C(=O)C[C@H](N)Cc3ccc(NC(=O)Nc4ccccc4)cc3)C2)c(C)c2ccccc21. The van der Waals surface area contributed by atoms with Gasteiger partial charge in [-0.1, -0.05) is 48.5 Å². The quantitative estimate of drug-likeness (QED) is 0.181. The average Bonchev–Trinajstić information content (AvgIpc) is 3.30. The molecule has 43 heavy (non-hydrogen) atoms. The zero-order valence-electron chi connectivity index (χ0n) is 25.2. The molecule has 0 aliphatic carbocycles. The Morgan fingerprint density at radius 1 is 0.977 bits per heavy atom. The molecule has 2 atom stereocenters. The van der Waals surface area contributed by atoms with Gasteiger partial charge in [-0.25, -0.2) is 4.79 Å². The van der Waals surface area contributed by atoms with Crippen molar-refractivity contribution >= 4 is 34.2 Å². The molecule has 8 nitrogen and oxygen atoms in total. The number of amides is 3. The van der Waals surface area contributed by atoms with E-state index in [4.69, 9.17) is 10.5 Å². The van der Waals surface area contributed by atoms with Crippen molar-refractivity contribution in [2.45, 2.75) is 57.5 Å². The second-order valence-corrected chi connectivity index (χ2v) is 11.5. The third-order valence-corrected chi connectivity index (χ3v) is 8.34. The summed E-state index contributed by atoms with van der Waals surface area (Å²) in [7, 11) is 1.75. The van der Waals surface area contributed by atoms with Gasteiger partial charge in [0.1, 0.15) is 0 Å². The van der Waals surface area contributed by atoms with Crippen LogP contribution in [-0.4, -0.2) is 54.3 Å². The fourth-order valence-electron chi connectivity index (χ4n) is 6.33. The lowest BCUT2D eigenvalue weighted by Crippen LogP contribution is -2.42. The summed E-state index contributed by atoms with van der Waals surface area (Å²) in [5.74, 6) is 0.413. The molecule has 1 fully saturated rings. The van der Waals surface area contributed by atoms with Gasteiger partial charge in [-0.3, -0.25) is 4.79 Å². The number of anilines is 2. The third kappa shape index (κ3) is 7.63. The number of piperidine rings is 1. The van der Waals surface area contributed by atoms with Crippen molar-refractivity contribution in [1.82, 2.24) is 9.47 Å². The number of carbonyl (C=O) groups is 2. The number of aromatic nitrogens is 1. The molecule has 1 saturated heterocycles. The van der Waals surface area contributed by atoms with Crippen LogP contribution in [0.25, 0.3) is 10.9 Å². The number of likely N-dealkylation sites (tertiary alicyclic amines) is 1. The topological polar surface area (TPSA) is 102 Å². The zero-order chi connectivity index (χ0) is 30.2. The Morgan fingerprint density at radius 3 is 2.42 bits per heavy atom. The second-order valence-electron chi connectivity index (χ2n) is 11.5. The minimum Gasteiger partial charge on any atom is -0.385 e. The Bertz CT molecular complexity index is 1520. The first kappa shape index (κ1) is 30.3. The van der Waals surface area contributed by atoms with Gasteiger partial charge >= 0.3 is 6.03 Å². The van der Waals surface area contributed by atoms with Crippen LogP contribution in [0.5, 0.6) is 0 Å². The molecule has 3 aromatic carbocycles. The number of nitrogens with zero attached hydrogens (tertiary/aromatic N) is 2. The van der Waals surface area contributed by atoms with E-state index in [0.717, 1.165) is 56.8 Å². The van der Waals surface area contributed by atoms with Gasteiger partial charge in [-0.2, -0.15) is 0 Å². The predicted octanol–water partition coefficient (Wildman–Crippen LogP) is 6.30. The molecule has 1 aliphatic heterocycles. The summed E-state index contributed by atoms with van der Waals surface area (Å²) in [6.45, 7) is 5.34. The minimum absolute atomic E-state index is 0.118. The van der Waals surface area contributed by atoms with Crippen LogP contribution in [0.3, 0.4) is 0 Å². The molecular weight excluding hydrogens is 538 g/mol. The van der Waals surface area contributed by atoms with Crippen molar-refractivity contribution in [3.8, 4) is 0 Å². The van der Waals surface area contributed by atoms with Crippen molar-refractivity contribution in [2.75, 3.05) is 37.4 Å². The van der Waals surface area contributed by atoms with E-state index in [1.165, 1.54) is 22.2 Å². The largest absolute Gasteiger partial charge is 0.385 e. The Hall–Kier alpha value is -4.14. The number of methoxy groups -OCH3 is 1. The fourth-order valence-corrected chi connectivity index (χ4v) is 6.33. The first-order valence-electron chi connectivity index (χ1n) is 15.2. The lowest BCUT2D eigenvalue weighted by atomic mass is 9.91. The van der Waals surface area contributed by atoms with Crippen LogP contribution in [0.15, 0.2) is 78.9 Å². The van der Waals surface area contributed by atoms with Crippen LogP contribution in [0.2, 0.25) is 0 Å². The molecule has 3 amide bonds. The Morgan fingerprint density at radius 2 is 1.67 bits per heavy atom. The van der Waals surface area contributed by atoms with Gasteiger partial charge in [0.2, 0.25) is 5.91 Å². The Labute approximate surface area is 254 Å². The molecule has 0 bridgehead atoms. The fraction of sp³-hybridized carbons (Fsp3) is 0.371. The summed E-state index contributed by atoms with van der Waals surface area (Å²) in [5.41, 5.74) is 12.9. The number of hydrogen-bond acceptors (Lipinski definition) is 4. The number of hydrogen-bond donors (Lipinski definition) is 3. The lowest BCUT2D eigenvalue weighted by Gasteiger charge is -2.34. The van der Waals surface area contributed by atoms with Crippen LogP contribution in [0.1, 0.15) is 48.4 Å². The van der Waals surface area contributed by atoms with Gasteiger partial charge in [-0.15, -0.1) is 0 Å². The summed E-state index contributed by atoms with van der Waals surface area (Å²) in [5, 5.41) is 6.94. The maximum Gasteiger partial charge on any atom is 0.323 e. The molecule has 4 N–H and O–H groups in total. The van der Waals surface area contributed by atoms with E-state index in [0.29, 0.717) is 24.4 Å². The molecule has 4 aromatic rings. The third-order valence-electron chi connectivity index (χ3n) is 8.34. The van der Waals surface area contributed by atoms with Gasteiger partial charge in [0.25, 0.3) is 0 Å². The maximum absolute atomic E-state index is 13.4. The Kier molecular flexibility index (Phi) is 10.1. The van der Waals surface area contributed by atoms with Crippen LogP contribution in [-0.2, 0) is 22.5 Å². The monoisotopic (exact) mass is 581 g/mol. The van der Waals surface area contributed by atoms with Crippen molar-refractivity contribution in [3.05, 3.63) is 95.7 Å². The number of nitrogens with one attached hydrogen (secondary N) is 2. The number of fused-ring (bicyclic) bond motifs is 1. The van der Waals surface area contributed by atoms with Gasteiger partial charge in [-0.05, 0) is 74.1 Å². The van der Waals surface area contributed by atoms with E-state index in [9.17, 15) is 9.59 Å². The van der Waals surface area contributed by atoms with E-state index >= 15 is 0 Å². The molecule has 0 radical (unpaired) electrons. The lowest BCUT2D eigenvalue weighted by molar-refractivity contribution is -0.132. The summed E-state index contributed by atoms with van der Waals surface area (Å²) >= 11 is 0. The van der Waals surface area contributed by atoms with Crippen molar-refractivity contribution in [1.29, 1.82) is 0 Å². The molecule has 5 rings (SSSR count). The zero-order valence-corrected chi connectivity index (χ0v) is 25.2. The van der Waals surface area contributed by atoms with E-state index in [1.54, 1.807) is 7.11 Å².